The molecule has 9 nitrogen and oxygen atoms in total. The number of carbonyl (C=O) groups excluding carboxylic acids is 3. The molecule has 4 aliphatic rings. The van der Waals surface area contributed by atoms with Crippen LogP contribution in [-0.4, -0.2) is 79.9 Å². The van der Waals surface area contributed by atoms with Gasteiger partial charge in [0, 0.05) is 120 Å². The summed E-state index contributed by atoms with van der Waals surface area (Å²) in [6.45, 7) is 14.4. The molecule has 5 aromatic carbocycles. The average Bonchev–Trinajstić information content (AvgIpc) is 3.49. The molecule has 9 rings (SSSR count). The Kier molecular flexibility index (Phi) is 9.42. The van der Waals surface area contributed by atoms with E-state index in [2.05, 4.69) is 90.9 Å². The summed E-state index contributed by atoms with van der Waals surface area (Å²) in [7, 11) is 0. The van der Waals surface area contributed by atoms with E-state index in [1.165, 1.54) is 11.3 Å². The van der Waals surface area contributed by atoms with Crippen molar-refractivity contribution in [1.82, 2.24) is 9.80 Å². The van der Waals surface area contributed by atoms with Gasteiger partial charge in [0.25, 0.3) is 17.7 Å². The number of hydrogen-bond acceptors (Lipinski definition) is 7. The molecule has 57 heavy (non-hydrogen) atoms. The molecular formula is C48H51N5O4. The number of carbonyl (C=O) groups is 3. The molecule has 4 aliphatic heterocycles. The standard InChI is InChI=1S/C48H51N5O4/c1-5-49(6-2)32-20-23-39-42(30-32)57-43-31-33(50(7-3)8-4)21-24-40(43)48(39)38-19-11-10-16-34(38)47(56)53(48)29-15-28-52-45(54)36-18-14-17-35-41(51-26-12-9-13-27-51)25-22-37(44(35)36)46(52)55/h10-11,14,16-25,30-31H,5-9,12-13,15,26-29H2,1-4H3. The number of imide groups is 1. The number of fused-ring (bicyclic) bond motifs is 6. The smallest absolute Gasteiger partial charge is 0.261 e. The zero-order chi connectivity index (χ0) is 39.4. The van der Waals surface area contributed by atoms with Gasteiger partial charge in [0.1, 0.15) is 17.0 Å². The molecule has 0 radical (unpaired) electrons. The Morgan fingerprint density at radius 3 is 1.82 bits per heavy atom. The first-order valence-corrected chi connectivity index (χ1v) is 20.9. The first kappa shape index (κ1) is 36.8. The van der Waals surface area contributed by atoms with Gasteiger partial charge < -0.3 is 24.3 Å². The Labute approximate surface area is 335 Å². The van der Waals surface area contributed by atoms with E-state index in [9.17, 15) is 14.4 Å². The highest BCUT2D eigenvalue weighted by atomic mass is 16.5. The number of benzene rings is 5. The number of rotatable bonds is 11. The lowest BCUT2D eigenvalue weighted by Gasteiger charge is -2.45. The first-order chi connectivity index (χ1) is 27.8. The summed E-state index contributed by atoms with van der Waals surface area (Å²) in [5.41, 5.74) is 6.68. The van der Waals surface area contributed by atoms with Crippen molar-refractivity contribution in [2.24, 2.45) is 0 Å². The summed E-state index contributed by atoms with van der Waals surface area (Å²) in [6, 6.07) is 30.4. The van der Waals surface area contributed by atoms with Gasteiger partial charge in [-0.1, -0.05) is 42.5 Å². The number of piperidine rings is 1. The van der Waals surface area contributed by atoms with Crippen molar-refractivity contribution in [3.8, 4) is 11.5 Å². The first-order valence-electron chi connectivity index (χ1n) is 20.9. The summed E-state index contributed by atoms with van der Waals surface area (Å²) in [5.74, 6) is 0.784. The van der Waals surface area contributed by atoms with Crippen molar-refractivity contribution in [3.05, 3.63) is 124 Å². The lowest BCUT2D eigenvalue weighted by molar-refractivity contribution is 0.0583. The fourth-order valence-electron chi connectivity index (χ4n) is 10.0. The van der Waals surface area contributed by atoms with Crippen molar-refractivity contribution < 1.29 is 19.1 Å². The van der Waals surface area contributed by atoms with Gasteiger partial charge in [-0.25, -0.2) is 0 Å². The van der Waals surface area contributed by atoms with E-state index < -0.39 is 5.54 Å². The number of nitrogens with zero attached hydrogens (tertiary/aromatic N) is 5. The van der Waals surface area contributed by atoms with E-state index in [-0.39, 0.29) is 24.3 Å². The third-order valence-corrected chi connectivity index (χ3v) is 12.8. The van der Waals surface area contributed by atoms with Crippen LogP contribution in [0.3, 0.4) is 0 Å². The summed E-state index contributed by atoms with van der Waals surface area (Å²) < 4.78 is 6.87. The van der Waals surface area contributed by atoms with Gasteiger partial charge in [-0.2, -0.15) is 0 Å². The van der Waals surface area contributed by atoms with Crippen LogP contribution < -0.4 is 19.4 Å². The van der Waals surface area contributed by atoms with Crippen molar-refractivity contribution in [1.29, 1.82) is 0 Å². The monoisotopic (exact) mass is 761 g/mol. The maximum atomic E-state index is 14.8. The van der Waals surface area contributed by atoms with Gasteiger partial charge in [-0.3, -0.25) is 19.3 Å². The van der Waals surface area contributed by atoms with Gasteiger partial charge in [0.2, 0.25) is 0 Å². The highest BCUT2D eigenvalue weighted by Gasteiger charge is 2.56. The Balaban J connectivity index is 1.10. The van der Waals surface area contributed by atoms with Crippen LogP contribution in [-0.2, 0) is 5.54 Å². The van der Waals surface area contributed by atoms with E-state index in [0.29, 0.717) is 41.2 Å². The predicted molar refractivity (Wildman–Crippen MR) is 227 cm³/mol. The lowest BCUT2D eigenvalue weighted by atomic mass is 9.74. The van der Waals surface area contributed by atoms with Gasteiger partial charge in [0.05, 0.1) is 0 Å². The molecular weight excluding hydrogens is 711 g/mol. The van der Waals surface area contributed by atoms with E-state index in [1.807, 2.05) is 47.4 Å². The Morgan fingerprint density at radius 2 is 1.19 bits per heavy atom. The van der Waals surface area contributed by atoms with Crippen LogP contribution >= 0.6 is 0 Å². The molecule has 9 heteroatoms. The minimum absolute atomic E-state index is 0.0818. The molecule has 0 bridgehead atoms. The van der Waals surface area contributed by atoms with Crippen molar-refractivity contribution in [2.75, 3.05) is 67.1 Å². The Morgan fingerprint density at radius 1 is 0.596 bits per heavy atom. The van der Waals surface area contributed by atoms with Crippen molar-refractivity contribution in [3.63, 3.8) is 0 Å². The van der Waals surface area contributed by atoms with Crippen molar-refractivity contribution >= 4 is 45.6 Å². The van der Waals surface area contributed by atoms with Crippen LogP contribution in [0, 0.1) is 0 Å². The topological polar surface area (TPSA) is 76.6 Å². The normalized spacial score (nSPS) is 16.5. The zero-order valence-electron chi connectivity index (χ0n) is 33.5. The average molecular weight is 762 g/mol. The molecule has 0 unspecified atom stereocenters. The van der Waals surface area contributed by atoms with E-state index >= 15 is 0 Å². The maximum absolute atomic E-state index is 14.8. The van der Waals surface area contributed by atoms with Crippen LogP contribution in [0.4, 0.5) is 17.1 Å². The summed E-state index contributed by atoms with van der Waals surface area (Å²) in [5, 5.41) is 1.71. The van der Waals surface area contributed by atoms with Crippen LogP contribution in [0.2, 0.25) is 0 Å². The van der Waals surface area contributed by atoms with E-state index in [1.54, 1.807) is 0 Å². The van der Waals surface area contributed by atoms with Gasteiger partial charge in [0.15, 0.2) is 0 Å². The van der Waals surface area contributed by atoms with Crippen molar-refractivity contribution in [2.45, 2.75) is 58.9 Å². The second-order valence-electron chi connectivity index (χ2n) is 15.5. The third-order valence-electron chi connectivity index (χ3n) is 12.8. The van der Waals surface area contributed by atoms with E-state index in [4.69, 9.17) is 4.74 Å². The molecule has 0 aliphatic carbocycles. The molecule has 0 aromatic heterocycles. The number of anilines is 3. The molecule has 1 saturated heterocycles. The fraction of sp³-hybridized carbons (Fsp3) is 0.354. The summed E-state index contributed by atoms with van der Waals surface area (Å²) >= 11 is 0. The third kappa shape index (κ3) is 5.60. The van der Waals surface area contributed by atoms with Gasteiger partial charge in [-0.05, 0) is 95.3 Å². The quantitative estimate of drug-likeness (QED) is 0.124. The zero-order valence-corrected chi connectivity index (χ0v) is 33.5. The Bertz CT molecular complexity index is 2330. The van der Waals surface area contributed by atoms with Gasteiger partial charge >= 0.3 is 0 Å². The lowest BCUT2D eigenvalue weighted by Crippen LogP contribution is -2.49. The Hall–Kier alpha value is -5.83. The van der Waals surface area contributed by atoms with Crippen LogP contribution in [0.5, 0.6) is 11.5 Å². The summed E-state index contributed by atoms with van der Waals surface area (Å²) in [6.07, 6.45) is 3.90. The molecule has 1 fully saturated rings. The van der Waals surface area contributed by atoms with Gasteiger partial charge in [-0.15, -0.1) is 0 Å². The predicted octanol–water partition coefficient (Wildman–Crippen LogP) is 9.06. The molecule has 1 spiro atoms. The molecule has 0 saturated carbocycles. The molecule has 5 aromatic rings. The van der Waals surface area contributed by atoms with E-state index in [0.717, 1.165) is 96.6 Å². The SMILES string of the molecule is CCN(CC)c1ccc2c(c1)Oc1cc(N(CC)CC)ccc1C21c2ccccc2C(=O)N1CCCN1C(=O)c2cccc3c(N4CCCCC4)ccc(c23)C1=O. The fourth-order valence-corrected chi connectivity index (χ4v) is 10.0. The minimum atomic E-state index is -0.987. The number of hydrogen-bond donors (Lipinski definition) is 0. The number of amides is 3. The highest BCUT2D eigenvalue weighted by Crippen LogP contribution is 2.58. The molecule has 0 N–H and O–H groups in total. The maximum Gasteiger partial charge on any atom is 0.261 e. The largest absolute Gasteiger partial charge is 0.456 e. The molecule has 4 heterocycles. The summed E-state index contributed by atoms with van der Waals surface area (Å²) in [4.78, 5) is 53.6. The van der Waals surface area contributed by atoms with Crippen LogP contribution in [0.25, 0.3) is 10.8 Å². The van der Waals surface area contributed by atoms with Crippen LogP contribution in [0.15, 0.2) is 91.0 Å². The highest BCUT2D eigenvalue weighted by molar-refractivity contribution is 6.26. The molecule has 0 atom stereocenters. The van der Waals surface area contributed by atoms with Crippen LogP contribution in [0.1, 0.15) is 101 Å². The second kappa shape index (κ2) is 14.6. The number of ether oxygens (including phenoxy) is 1. The molecule has 3 amide bonds. The second-order valence-corrected chi connectivity index (χ2v) is 15.5. The molecule has 292 valence electrons. The minimum Gasteiger partial charge on any atom is -0.456 e.